The quantitative estimate of drug-likeness (QED) is 0.724. The van der Waals surface area contributed by atoms with E-state index in [2.05, 4.69) is 0 Å². The fourth-order valence-electron chi connectivity index (χ4n) is 3.69. The number of benzene rings is 1. The number of methoxy groups -OCH3 is 1. The van der Waals surface area contributed by atoms with Crippen molar-refractivity contribution >= 4 is 31.6 Å². The fourth-order valence-corrected chi connectivity index (χ4v) is 7.08. The standard InChI is InChI=1S/C17H24N2O6S2/c1-3-13-6-4-5-10-18(13)27(23,24)16-12-14(7-8-15(16)25-2)19-17(20)9-11-26(19,21)22/h7-8,12-13H,3-6,9-11H2,1-2H3/t13-/m1/s1. The Hall–Kier alpha value is -1.65. The van der Waals surface area contributed by atoms with E-state index < -0.39 is 26.0 Å². The molecule has 1 atom stereocenters. The van der Waals surface area contributed by atoms with Crippen LogP contribution >= 0.6 is 0 Å². The van der Waals surface area contributed by atoms with E-state index in [4.69, 9.17) is 4.74 Å². The molecule has 2 fully saturated rings. The molecular formula is C17H24N2O6S2. The summed E-state index contributed by atoms with van der Waals surface area (Å²) in [6, 6.07) is 3.92. The normalized spacial score (nSPS) is 23.6. The number of sulfonamides is 2. The molecule has 0 N–H and O–H groups in total. The third-order valence-electron chi connectivity index (χ3n) is 5.09. The van der Waals surface area contributed by atoms with Crippen LogP contribution in [-0.4, -0.2) is 52.5 Å². The molecule has 1 amide bonds. The van der Waals surface area contributed by atoms with Gasteiger partial charge in [-0.25, -0.2) is 21.1 Å². The topological polar surface area (TPSA) is 101 Å². The molecule has 1 aromatic carbocycles. The average Bonchev–Trinajstić information content (AvgIpc) is 2.93. The number of carbonyl (C=O) groups is 1. The van der Waals surface area contributed by atoms with E-state index in [0.29, 0.717) is 17.3 Å². The Kier molecular flexibility index (Phi) is 5.51. The van der Waals surface area contributed by atoms with E-state index in [1.165, 1.54) is 29.6 Å². The van der Waals surface area contributed by atoms with Crippen molar-refractivity contribution in [2.75, 3.05) is 23.7 Å². The van der Waals surface area contributed by atoms with Crippen LogP contribution in [0.5, 0.6) is 5.75 Å². The molecule has 2 aliphatic heterocycles. The molecule has 2 saturated heterocycles. The van der Waals surface area contributed by atoms with Gasteiger partial charge in [-0.3, -0.25) is 4.79 Å². The Morgan fingerprint density at radius 3 is 2.59 bits per heavy atom. The zero-order chi connectivity index (χ0) is 19.8. The van der Waals surface area contributed by atoms with Crippen LogP contribution in [0.4, 0.5) is 5.69 Å². The maximum absolute atomic E-state index is 13.3. The maximum Gasteiger partial charge on any atom is 0.247 e. The van der Waals surface area contributed by atoms with Gasteiger partial charge in [-0.1, -0.05) is 13.3 Å². The zero-order valence-electron chi connectivity index (χ0n) is 15.4. The fraction of sp³-hybridized carbons (Fsp3) is 0.588. The molecule has 0 bridgehead atoms. The summed E-state index contributed by atoms with van der Waals surface area (Å²) in [6.45, 7) is 2.36. The van der Waals surface area contributed by atoms with Crippen molar-refractivity contribution < 1.29 is 26.4 Å². The molecule has 0 radical (unpaired) electrons. The van der Waals surface area contributed by atoms with Gasteiger partial charge >= 0.3 is 0 Å². The second kappa shape index (κ2) is 7.40. The summed E-state index contributed by atoms with van der Waals surface area (Å²) < 4.78 is 58.5. The highest BCUT2D eigenvalue weighted by atomic mass is 32.2. The molecule has 2 heterocycles. The number of piperidine rings is 1. The van der Waals surface area contributed by atoms with E-state index in [9.17, 15) is 21.6 Å². The van der Waals surface area contributed by atoms with Crippen LogP contribution < -0.4 is 9.04 Å². The summed E-state index contributed by atoms with van der Waals surface area (Å²) in [7, 11) is -6.31. The Bertz CT molecular complexity index is 942. The van der Waals surface area contributed by atoms with Crippen LogP contribution in [0.2, 0.25) is 0 Å². The monoisotopic (exact) mass is 416 g/mol. The van der Waals surface area contributed by atoms with Crippen LogP contribution in [0.25, 0.3) is 0 Å². The summed E-state index contributed by atoms with van der Waals surface area (Å²) in [5.74, 6) is -0.708. The van der Waals surface area contributed by atoms with Gasteiger partial charge in [-0.2, -0.15) is 4.31 Å². The Morgan fingerprint density at radius 1 is 1.26 bits per heavy atom. The molecule has 0 spiro atoms. The number of hydrogen-bond acceptors (Lipinski definition) is 6. The first kappa shape index (κ1) is 20.1. The van der Waals surface area contributed by atoms with Gasteiger partial charge in [0.2, 0.25) is 26.0 Å². The lowest BCUT2D eigenvalue weighted by atomic mass is 10.0. The molecule has 0 saturated carbocycles. The van der Waals surface area contributed by atoms with Gasteiger partial charge in [-0.05, 0) is 37.5 Å². The Labute approximate surface area is 160 Å². The van der Waals surface area contributed by atoms with E-state index in [1.54, 1.807) is 0 Å². The number of rotatable bonds is 5. The van der Waals surface area contributed by atoms with Crippen LogP contribution in [0.1, 0.15) is 39.0 Å². The molecule has 150 valence electrons. The number of amides is 1. The van der Waals surface area contributed by atoms with Crippen molar-refractivity contribution in [1.29, 1.82) is 0 Å². The van der Waals surface area contributed by atoms with Gasteiger partial charge in [-0.15, -0.1) is 0 Å². The first-order valence-electron chi connectivity index (χ1n) is 8.98. The highest BCUT2D eigenvalue weighted by Crippen LogP contribution is 2.36. The van der Waals surface area contributed by atoms with Crippen LogP contribution in [-0.2, 0) is 24.8 Å². The van der Waals surface area contributed by atoms with Gasteiger partial charge in [0.25, 0.3) is 0 Å². The van der Waals surface area contributed by atoms with Gasteiger partial charge < -0.3 is 4.74 Å². The van der Waals surface area contributed by atoms with Crippen LogP contribution in [0, 0.1) is 0 Å². The minimum Gasteiger partial charge on any atom is -0.495 e. The van der Waals surface area contributed by atoms with Crippen LogP contribution in [0.15, 0.2) is 23.1 Å². The van der Waals surface area contributed by atoms with Crippen molar-refractivity contribution in [2.24, 2.45) is 0 Å². The van der Waals surface area contributed by atoms with Gasteiger partial charge in [0.1, 0.15) is 10.6 Å². The van der Waals surface area contributed by atoms with Gasteiger partial charge in [0.15, 0.2) is 0 Å². The predicted octanol–water partition coefficient (Wildman–Crippen LogP) is 1.71. The van der Waals surface area contributed by atoms with E-state index in [1.807, 2.05) is 6.92 Å². The second-order valence-electron chi connectivity index (χ2n) is 6.73. The third-order valence-corrected chi connectivity index (χ3v) is 8.76. The number of hydrogen-bond donors (Lipinski definition) is 0. The molecule has 0 unspecified atom stereocenters. The smallest absolute Gasteiger partial charge is 0.247 e. The average molecular weight is 417 g/mol. The first-order valence-corrected chi connectivity index (χ1v) is 12.0. The number of ether oxygens (including phenoxy) is 1. The van der Waals surface area contributed by atoms with Crippen molar-refractivity contribution in [3.05, 3.63) is 18.2 Å². The number of anilines is 1. The summed E-state index contributed by atoms with van der Waals surface area (Å²) >= 11 is 0. The highest BCUT2D eigenvalue weighted by Gasteiger charge is 2.39. The van der Waals surface area contributed by atoms with Crippen LogP contribution in [0.3, 0.4) is 0 Å². The zero-order valence-corrected chi connectivity index (χ0v) is 17.1. The van der Waals surface area contributed by atoms with Crippen molar-refractivity contribution in [3.63, 3.8) is 0 Å². The third kappa shape index (κ3) is 3.57. The molecule has 8 nitrogen and oxygen atoms in total. The van der Waals surface area contributed by atoms with Gasteiger partial charge in [0, 0.05) is 19.0 Å². The molecule has 10 heteroatoms. The van der Waals surface area contributed by atoms with Gasteiger partial charge in [0.05, 0.1) is 18.6 Å². The lowest BCUT2D eigenvalue weighted by Crippen LogP contribution is -2.43. The lowest BCUT2D eigenvalue weighted by Gasteiger charge is -2.34. The molecule has 2 aliphatic rings. The Balaban J connectivity index is 2.10. The lowest BCUT2D eigenvalue weighted by molar-refractivity contribution is -0.116. The highest BCUT2D eigenvalue weighted by molar-refractivity contribution is 7.94. The molecule has 27 heavy (non-hydrogen) atoms. The summed E-state index contributed by atoms with van der Waals surface area (Å²) in [5.41, 5.74) is 0.0296. The van der Waals surface area contributed by atoms with E-state index in [0.717, 1.165) is 19.3 Å². The molecular weight excluding hydrogens is 392 g/mol. The predicted molar refractivity (Wildman–Crippen MR) is 101 cm³/mol. The van der Waals surface area contributed by atoms with E-state index >= 15 is 0 Å². The second-order valence-corrected chi connectivity index (χ2v) is 10.5. The van der Waals surface area contributed by atoms with Crippen molar-refractivity contribution in [2.45, 2.75) is 50.0 Å². The minimum atomic E-state index is -3.90. The maximum atomic E-state index is 13.3. The number of nitrogens with zero attached hydrogens (tertiary/aromatic N) is 2. The Morgan fingerprint density at radius 2 is 2.00 bits per heavy atom. The van der Waals surface area contributed by atoms with E-state index in [-0.39, 0.29) is 34.5 Å². The summed E-state index contributed by atoms with van der Waals surface area (Å²) in [6.07, 6.45) is 3.12. The first-order chi connectivity index (χ1) is 12.7. The largest absolute Gasteiger partial charge is 0.495 e. The SMILES string of the molecule is CC[C@@H]1CCCCN1S(=O)(=O)c1cc(N2C(=O)CCS2(=O)=O)ccc1OC. The molecule has 3 rings (SSSR count). The summed E-state index contributed by atoms with van der Waals surface area (Å²) in [4.78, 5) is 11.9. The van der Waals surface area contributed by atoms with Crippen molar-refractivity contribution in [1.82, 2.24) is 4.31 Å². The molecule has 0 aromatic heterocycles. The molecule has 0 aliphatic carbocycles. The van der Waals surface area contributed by atoms with Crippen molar-refractivity contribution in [3.8, 4) is 5.75 Å². The number of carbonyl (C=O) groups excluding carboxylic acids is 1. The summed E-state index contributed by atoms with van der Waals surface area (Å²) in [5, 5.41) is 0. The minimum absolute atomic E-state index is 0.0296. The molecule has 1 aromatic rings.